The molecule has 29 heavy (non-hydrogen) atoms. The average molecular weight is 433 g/mol. The molecule has 4 rings (SSSR count). The van der Waals surface area contributed by atoms with E-state index in [2.05, 4.69) is 23.4 Å². The van der Waals surface area contributed by atoms with Crippen molar-refractivity contribution in [3.63, 3.8) is 0 Å². The van der Waals surface area contributed by atoms with Gasteiger partial charge >= 0.3 is 0 Å². The van der Waals surface area contributed by atoms with Crippen molar-refractivity contribution in [3.05, 3.63) is 42.7 Å². The van der Waals surface area contributed by atoms with Gasteiger partial charge in [-0.1, -0.05) is 6.07 Å². The van der Waals surface area contributed by atoms with Crippen LogP contribution in [0, 0.1) is 0 Å². The van der Waals surface area contributed by atoms with Crippen molar-refractivity contribution in [3.8, 4) is 0 Å². The highest BCUT2D eigenvalue weighted by molar-refractivity contribution is 7.89. The van der Waals surface area contributed by atoms with Crippen molar-refractivity contribution in [2.75, 3.05) is 37.6 Å². The topological polar surface area (TPSA) is 108 Å². The van der Waals surface area contributed by atoms with Crippen LogP contribution in [0.1, 0.15) is 6.42 Å². The molecular weight excluding hydrogens is 412 g/mol. The van der Waals surface area contributed by atoms with Gasteiger partial charge < -0.3 is 9.80 Å². The Morgan fingerprint density at radius 1 is 1.10 bits per heavy atom. The number of nitrogens with one attached hydrogen (secondary N) is 1. The van der Waals surface area contributed by atoms with Crippen molar-refractivity contribution in [1.29, 1.82) is 0 Å². The van der Waals surface area contributed by atoms with Gasteiger partial charge in [-0.05, 0) is 24.3 Å². The second kappa shape index (κ2) is 8.39. The van der Waals surface area contributed by atoms with E-state index in [-0.39, 0.29) is 23.8 Å². The number of carbonyl (C=O) groups excluding carboxylic acids is 1. The molecule has 9 nitrogen and oxygen atoms in total. The van der Waals surface area contributed by atoms with Crippen LogP contribution in [-0.4, -0.2) is 65.7 Å². The lowest BCUT2D eigenvalue weighted by Gasteiger charge is -2.36. The summed E-state index contributed by atoms with van der Waals surface area (Å²) in [6, 6.07) is 8.72. The third kappa shape index (κ3) is 4.36. The molecule has 0 spiro atoms. The average Bonchev–Trinajstić information content (AvgIpc) is 3.23. The summed E-state index contributed by atoms with van der Waals surface area (Å²) in [5.41, 5.74) is 1.93. The SMILES string of the molecule is O=C(CCNS(=O)(=O)c1cccc2nsnc12)N1CCN(c2cccnc2)CC1. The summed E-state index contributed by atoms with van der Waals surface area (Å²) >= 11 is 0.968. The molecule has 11 heteroatoms. The number of sulfonamides is 1. The molecule has 1 saturated heterocycles. The number of carbonyl (C=O) groups is 1. The van der Waals surface area contributed by atoms with E-state index in [1.54, 1.807) is 23.2 Å². The molecule has 0 saturated carbocycles. The third-order valence-corrected chi connectivity index (χ3v) is 6.85. The molecule has 0 radical (unpaired) electrons. The number of piperazine rings is 1. The van der Waals surface area contributed by atoms with Gasteiger partial charge in [0.2, 0.25) is 15.9 Å². The maximum Gasteiger partial charge on any atom is 0.242 e. The van der Waals surface area contributed by atoms with Gasteiger partial charge in [-0.15, -0.1) is 0 Å². The fraction of sp³-hybridized carbons (Fsp3) is 0.333. The van der Waals surface area contributed by atoms with Crippen LogP contribution in [0.15, 0.2) is 47.6 Å². The van der Waals surface area contributed by atoms with Crippen molar-refractivity contribution in [2.24, 2.45) is 0 Å². The predicted octanol–water partition coefficient (Wildman–Crippen LogP) is 1.10. The number of rotatable bonds is 6. The molecule has 1 amide bonds. The van der Waals surface area contributed by atoms with Crippen LogP contribution in [0.5, 0.6) is 0 Å². The van der Waals surface area contributed by atoms with Crippen LogP contribution >= 0.6 is 11.7 Å². The molecule has 0 atom stereocenters. The summed E-state index contributed by atoms with van der Waals surface area (Å²) in [4.78, 5) is 20.6. The summed E-state index contributed by atoms with van der Waals surface area (Å²) in [6.07, 6.45) is 3.65. The zero-order chi connectivity index (χ0) is 20.3. The van der Waals surface area contributed by atoms with Gasteiger partial charge in [0.15, 0.2) is 0 Å². The minimum atomic E-state index is -3.76. The first-order chi connectivity index (χ1) is 14.0. The molecule has 0 unspecified atom stereocenters. The number of fused-ring (bicyclic) bond motifs is 1. The van der Waals surface area contributed by atoms with Gasteiger partial charge in [0, 0.05) is 45.3 Å². The normalized spacial score (nSPS) is 15.0. The predicted molar refractivity (Wildman–Crippen MR) is 110 cm³/mol. The van der Waals surface area contributed by atoms with E-state index in [1.165, 1.54) is 6.07 Å². The summed E-state index contributed by atoms with van der Waals surface area (Å²) < 4.78 is 35.8. The van der Waals surface area contributed by atoms with E-state index in [9.17, 15) is 13.2 Å². The number of benzene rings is 1. The lowest BCUT2D eigenvalue weighted by atomic mass is 10.2. The number of amides is 1. The largest absolute Gasteiger partial charge is 0.367 e. The molecule has 1 N–H and O–H groups in total. The summed E-state index contributed by atoms with van der Waals surface area (Å²) in [5, 5.41) is 0. The molecule has 1 fully saturated rings. The minimum absolute atomic E-state index is 0.0396. The Morgan fingerprint density at radius 2 is 1.93 bits per heavy atom. The van der Waals surface area contributed by atoms with Crippen LogP contribution < -0.4 is 9.62 Å². The van der Waals surface area contributed by atoms with Crippen molar-refractivity contribution in [1.82, 2.24) is 23.4 Å². The number of aromatic nitrogens is 3. The number of hydrogen-bond donors (Lipinski definition) is 1. The van der Waals surface area contributed by atoms with Gasteiger partial charge in [0.1, 0.15) is 15.9 Å². The molecule has 1 aromatic carbocycles. The Labute approximate surface area is 172 Å². The van der Waals surface area contributed by atoms with Crippen molar-refractivity contribution in [2.45, 2.75) is 11.3 Å². The van der Waals surface area contributed by atoms with E-state index in [0.29, 0.717) is 24.1 Å². The smallest absolute Gasteiger partial charge is 0.242 e. The second-order valence-corrected chi connectivity index (χ2v) is 8.88. The van der Waals surface area contributed by atoms with E-state index >= 15 is 0 Å². The number of anilines is 1. The Hall–Kier alpha value is -2.63. The lowest BCUT2D eigenvalue weighted by Crippen LogP contribution is -2.49. The van der Waals surface area contributed by atoms with Gasteiger partial charge in [0.05, 0.1) is 23.6 Å². The molecule has 2 aromatic heterocycles. The first-order valence-electron chi connectivity index (χ1n) is 9.18. The standard InChI is InChI=1S/C18H20N6O3S2/c25-17(24-11-9-23(10-12-24)14-3-2-7-19-13-14)6-8-20-29(26,27)16-5-1-4-15-18(16)22-28-21-15/h1-5,7,13,20H,6,8-12H2. The lowest BCUT2D eigenvalue weighted by molar-refractivity contribution is -0.131. The molecule has 0 aliphatic carbocycles. The van der Waals surface area contributed by atoms with E-state index in [0.717, 1.165) is 30.5 Å². The Bertz CT molecular complexity index is 1090. The fourth-order valence-corrected chi connectivity index (χ4v) is 5.08. The minimum Gasteiger partial charge on any atom is -0.367 e. The third-order valence-electron chi connectivity index (χ3n) is 4.81. The molecule has 3 aromatic rings. The van der Waals surface area contributed by atoms with Gasteiger partial charge in [-0.25, -0.2) is 13.1 Å². The first-order valence-corrected chi connectivity index (χ1v) is 11.4. The quantitative estimate of drug-likeness (QED) is 0.621. The molecule has 1 aliphatic heterocycles. The van der Waals surface area contributed by atoms with Crippen LogP contribution in [-0.2, 0) is 14.8 Å². The van der Waals surface area contributed by atoms with Crippen LogP contribution in [0.2, 0.25) is 0 Å². The fourth-order valence-electron chi connectivity index (χ4n) is 3.28. The highest BCUT2D eigenvalue weighted by Crippen LogP contribution is 2.21. The maximum absolute atomic E-state index is 12.6. The van der Waals surface area contributed by atoms with Crippen LogP contribution in [0.3, 0.4) is 0 Å². The highest BCUT2D eigenvalue weighted by Gasteiger charge is 2.23. The number of nitrogens with zero attached hydrogens (tertiary/aromatic N) is 5. The molecule has 3 heterocycles. The van der Waals surface area contributed by atoms with E-state index < -0.39 is 10.0 Å². The molecule has 152 valence electrons. The Morgan fingerprint density at radius 3 is 2.69 bits per heavy atom. The van der Waals surface area contributed by atoms with Crippen LogP contribution in [0.25, 0.3) is 11.0 Å². The second-order valence-electron chi connectivity index (χ2n) is 6.61. The summed E-state index contributed by atoms with van der Waals surface area (Å²) in [7, 11) is -3.76. The summed E-state index contributed by atoms with van der Waals surface area (Å²) in [5.74, 6) is -0.0629. The number of pyridine rings is 1. The van der Waals surface area contributed by atoms with Crippen molar-refractivity contribution < 1.29 is 13.2 Å². The molecule has 0 bridgehead atoms. The zero-order valence-electron chi connectivity index (χ0n) is 15.6. The Balaban J connectivity index is 1.30. The first kappa shape index (κ1) is 19.7. The van der Waals surface area contributed by atoms with Crippen molar-refractivity contribution >= 4 is 44.4 Å². The molecular formula is C18H20N6O3S2. The number of hydrogen-bond acceptors (Lipinski definition) is 8. The molecule has 1 aliphatic rings. The Kier molecular flexibility index (Phi) is 5.69. The monoisotopic (exact) mass is 432 g/mol. The van der Waals surface area contributed by atoms with Gasteiger partial charge in [-0.3, -0.25) is 9.78 Å². The maximum atomic E-state index is 12.6. The van der Waals surface area contributed by atoms with E-state index in [4.69, 9.17) is 0 Å². The summed E-state index contributed by atoms with van der Waals surface area (Å²) in [6.45, 7) is 2.69. The van der Waals surface area contributed by atoms with Gasteiger partial charge in [-0.2, -0.15) is 8.75 Å². The van der Waals surface area contributed by atoms with E-state index in [1.807, 2.05) is 18.3 Å². The van der Waals surface area contributed by atoms with Gasteiger partial charge in [0.25, 0.3) is 0 Å². The highest BCUT2D eigenvalue weighted by atomic mass is 32.2. The van der Waals surface area contributed by atoms with Crippen LogP contribution in [0.4, 0.5) is 5.69 Å². The zero-order valence-corrected chi connectivity index (χ0v) is 17.2.